The first-order chi connectivity index (χ1) is 10.1. The second-order valence-corrected chi connectivity index (χ2v) is 7.28. The molecule has 124 valence electrons. The van der Waals surface area contributed by atoms with Crippen molar-refractivity contribution >= 4 is 5.97 Å². The summed E-state index contributed by atoms with van der Waals surface area (Å²) in [6, 6.07) is 0. The first kappa shape index (κ1) is 18.8. The summed E-state index contributed by atoms with van der Waals surface area (Å²) in [7, 11) is 0. The van der Waals surface area contributed by atoms with Gasteiger partial charge >= 0.3 is 5.97 Å². The molecule has 22 heavy (non-hydrogen) atoms. The molecule has 0 saturated carbocycles. The van der Waals surface area contributed by atoms with Crippen LogP contribution >= 0.6 is 0 Å². The Hall–Kier alpha value is -1.27. The van der Waals surface area contributed by atoms with Gasteiger partial charge in [-0.3, -0.25) is 4.79 Å². The molecule has 0 radical (unpaired) electrons. The van der Waals surface area contributed by atoms with Crippen molar-refractivity contribution in [3.05, 3.63) is 11.1 Å². The molecule has 3 heteroatoms. The number of carbonyl (C=O) groups is 1. The van der Waals surface area contributed by atoms with Crippen molar-refractivity contribution in [3.63, 3.8) is 0 Å². The van der Waals surface area contributed by atoms with Crippen LogP contribution in [0.25, 0.3) is 0 Å². The maximum absolute atomic E-state index is 10.7. The molecule has 0 spiro atoms. The van der Waals surface area contributed by atoms with E-state index < -0.39 is 5.60 Å². The minimum absolute atomic E-state index is 0.0374. The predicted octanol–water partition coefficient (Wildman–Crippen LogP) is 3.86. The summed E-state index contributed by atoms with van der Waals surface area (Å²) in [5, 5.41) is 10.4. The van der Waals surface area contributed by atoms with E-state index >= 15 is 0 Å². The van der Waals surface area contributed by atoms with Gasteiger partial charge in [0.25, 0.3) is 0 Å². The molecule has 0 aromatic carbocycles. The zero-order valence-electron chi connectivity index (χ0n) is 14.9. The van der Waals surface area contributed by atoms with E-state index in [4.69, 9.17) is 4.74 Å². The summed E-state index contributed by atoms with van der Waals surface area (Å²) in [6.07, 6.45) is 3.85. The van der Waals surface area contributed by atoms with Gasteiger partial charge in [0.15, 0.2) is 6.61 Å². The Morgan fingerprint density at radius 2 is 2.14 bits per heavy atom. The summed E-state index contributed by atoms with van der Waals surface area (Å²) in [4.78, 5) is 10.7. The van der Waals surface area contributed by atoms with Crippen LogP contribution in [0.1, 0.15) is 67.2 Å². The van der Waals surface area contributed by atoms with Gasteiger partial charge in [0.2, 0.25) is 0 Å². The van der Waals surface area contributed by atoms with Crippen molar-refractivity contribution in [3.8, 4) is 11.8 Å². The number of rotatable bonds is 4. The van der Waals surface area contributed by atoms with Gasteiger partial charge in [0, 0.05) is 6.92 Å². The average Bonchev–Trinajstić information content (AvgIpc) is 2.39. The predicted molar refractivity (Wildman–Crippen MR) is 89.1 cm³/mol. The van der Waals surface area contributed by atoms with E-state index in [1.165, 1.54) is 24.5 Å². The van der Waals surface area contributed by atoms with Gasteiger partial charge in [0.05, 0.1) is 0 Å². The number of hydrogen-bond acceptors (Lipinski definition) is 3. The van der Waals surface area contributed by atoms with Gasteiger partial charge in [-0.05, 0) is 50.9 Å². The Kier molecular flexibility index (Phi) is 6.26. The van der Waals surface area contributed by atoms with Crippen LogP contribution in [-0.2, 0) is 9.53 Å². The Balaban J connectivity index is 2.69. The van der Waals surface area contributed by atoms with E-state index in [0.29, 0.717) is 12.3 Å². The molecule has 1 aliphatic rings. The van der Waals surface area contributed by atoms with Crippen LogP contribution in [-0.4, -0.2) is 23.3 Å². The third-order valence-electron chi connectivity index (χ3n) is 5.04. The number of allylic oxidation sites excluding steroid dienone is 2. The summed E-state index contributed by atoms with van der Waals surface area (Å²) in [5.41, 5.74) is 2.06. The van der Waals surface area contributed by atoms with Gasteiger partial charge in [0.1, 0.15) is 5.60 Å². The van der Waals surface area contributed by atoms with Crippen LogP contribution in [0.2, 0.25) is 0 Å². The zero-order chi connectivity index (χ0) is 17.0. The van der Waals surface area contributed by atoms with Crippen LogP contribution in [0.5, 0.6) is 0 Å². The molecule has 3 nitrogen and oxygen atoms in total. The first-order valence-electron chi connectivity index (χ1n) is 8.11. The molecular weight excluding hydrogens is 276 g/mol. The van der Waals surface area contributed by atoms with Gasteiger partial charge in [-0.25, -0.2) is 0 Å². The fraction of sp³-hybridized carbons (Fsp3) is 0.737. The standard InChI is InChI=1S/C19H30O3/c1-14-8-9-15(2)18(4,5)17(14)10-12-19(6,21)11-7-13-22-16(3)20/h15,21H,8-10,12-13H2,1-6H3. The molecule has 1 aliphatic carbocycles. The fourth-order valence-electron chi connectivity index (χ4n) is 3.12. The van der Waals surface area contributed by atoms with Crippen LogP contribution in [0.15, 0.2) is 11.1 Å². The lowest BCUT2D eigenvalue weighted by Gasteiger charge is -2.41. The van der Waals surface area contributed by atoms with Crippen molar-refractivity contribution in [2.45, 2.75) is 72.8 Å². The molecule has 0 bridgehead atoms. The van der Waals surface area contributed by atoms with Crippen LogP contribution < -0.4 is 0 Å². The second kappa shape index (κ2) is 7.33. The summed E-state index contributed by atoms with van der Waals surface area (Å²) in [5.74, 6) is 5.84. The normalized spacial score (nSPS) is 23.3. The fourth-order valence-corrected chi connectivity index (χ4v) is 3.12. The van der Waals surface area contributed by atoms with Gasteiger partial charge in [-0.15, -0.1) is 0 Å². The lowest BCUT2D eigenvalue weighted by molar-refractivity contribution is -0.139. The molecule has 0 fully saturated rings. The Labute approximate surface area is 135 Å². The van der Waals surface area contributed by atoms with Gasteiger partial charge < -0.3 is 9.84 Å². The second-order valence-electron chi connectivity index (χ2n) is 7.28. The van der Waals surface area contributed by atoms with Gasteiger partial charge in [-0.2, -0.15) is 0 Å². The molecule has 0 heterocycles. The number of carbonyl (C=O) groups excluding carboxylic acids is 1. The minimum Gasteiger partial charge on any atom is -0.453 e. The van der Waals surface area contributed by atoms with Crippen molar-refractivity contribution in [2.24, 2.45) is 11.3 Å². The molecule has 0 aromatic heterocycles. The van der Waals surface area contributed by atoms with E-state index in [-0.39, 0.29) is 18.0 Å². The van der Waals surface area contributed by atoms with E-state index in [2.05, 4.69) is 39.5 Å². The molecular formula is C19H30O3. The van der Waals surface area contributed by atoms with E-state index in [1.54, 1.807) is 6.92 Å². The topological polar surface area (TPSA) is 46.5 Å². The molecule has 0 amide bonds. The highest BCUT2D eigenvalue weighted by Crippen LogP contribution is 2.46. The summed E-state index contributed by atoms with van der Waals surface area (Å²) < 4.78 is 4.76. The average molecular weight is 306 g/mol. The summed E-state index contributed by atoms with van der Waals surface area (Å²) in [6.45, 7) is 12.2. The molecule has 1 rings (SSSR count). The lowest BCUT2D eigenvalue weighted by Crippen LogP contribution is -2.31. The smallest absolute Gasteiger partial charge is 0.303 e. The Morgan fingerprint density at radius 1 is 1.50 bits per heavy atom. The maximum Gasteiger partial charge on any atom is 0.303 e. The summed E-state index contributed by atoms with van der Waals surface area (Å²) >= 11 is 0. The van der Waals surface area contributed by atoms with Gasteiger partial charge in [-0.1, -0.05) is 43.8 Å². The minimum atomic E-state index is -1.05. The highest BCUT2D eigenvalue weighted by molar-refractivity contribution is 5.66. The third-order valence-corrected chi connectivity index (χ3v) is 5.04. The molecule has 1 N–H and O–H groups in total. The van der Waals surface area contributed by atoms with Crippen molar-refractivity contribution in [2.75, 3.05) is 6.61 Å². The first-order valence-corrected chi connectivity index (χ1v) is 8.11. The number of hydrogen-bond donors (Lipinski definition) is 1. The SMILES string of the molecule is CC(=O)OCC#CC(C)(O)CCC1=C(C)CCC(C)C1(C)C. The quantitative estimate of drug-likeness (QED) is 0.487. The van der Waals surface area contributed by atoms with Crippen molar-refractivity contribution in [1.82, 2.24) is 0 Å². The van der Waals surface area contributed by atoms with E-state index in [9.17, 15) is 9.90 Å². The number of aliphatic hydroxyl groups is 1. The monoisotopic (exact) mass is 306 g/mol. The number of ether oxygens (including phenoxy) is 1. The molecule has 0 aromatic rings. The van der Waals surface area contributed by atoms with Crippen molar-refractivity contribution < 1.29 is 14.6 Å². The maximum atomic E-state index is 10.7. The van der Waals surface area contributed by atoms with E-state index in [0.717, 1.165) is 12.8 Å². The van der Waals surface area contributed by atoms with Crippen LogP contribution in [0, 0.1) is 23.2 Å². The molecule has 2 atom stereocenters. The highest BCUT2D eigenvalue weighted by Gasteiger charge is 2.35. The van der Waals surface area contributed by atoms with Crippen molar-refractivity contribution in [1.29, 1.82) is 0 Å². The van der Waals surface area contributed by atoms with E-state index in [1.807, 2.05) is 0 Å². The zero-order valence-corrected chi connectivity index (χ0v) is 14.9. The lowest BCUT2D eigenvalue weighted by atomic mass is 9.65. The Morgan fingerprint density at radius 3 is 2.73 bits per heavy atom. The Bertz CT molecular complexity index is 501. The van der Waals surface area contributed by atoms with Crippen LogP contribution in [0.3, 0.4) is 0 Å². The number of esters is 1. The molecule has 0 aliphatic heterocycles. The van der Waals surface area contributed by atoms with Crippen LogP contribution in [0.4, 0.5) is 0 Å². The highest BCUT2D eigenvalue weighted by atomic mass is 16.5. The third kappa shape index (κ3) is 5.18. The molecule has 2 unspecified atom stereocenters. The molecule has 0 saturated heterocycles. The largest absolute Gasteiger partial charge is 0.453 e.